The molecule has 1 aliphatic heterocycles. The largest absolute Gasteiger partial charge is 0.379 e. The first kappa shape index (κ1) is 13.8. The summed E-state index contributed by atoms with van der Waals surface area (Å²) in [7, 11) is -3.35. The molecule has 18 heavy (non-hydrogen) atoms. The molecule has 2 rings (SSSR count). The van der Waals surface area contributed by atoms with E-state index in [4.69, 9.17) is 22.1 Å². The van der Waals surface area contributed by atoms with Crippen LogP contribution in [0.1, 0.15) is 12.0 Å². The molecule has 0 spiro atoms. The third-order valence-electron chi connectivity index (χ3n) is 3.02. The second kappa shape index (κ2) is 5.57. The lowest BCUT2D eigenvalue weighted by atomic mass is 10.1. The van der Waals surface area contributed by atoms with E-state index in [2.05, 4.69) is 0 Å². The summed E-state index contributed by atoms with van der Waals surface area (Å²) in [6.45, 7) is 1.12. The Labute approximate surface area is 112 Å². The SMILES string of the molecule is NCCCc1ccc(S(=O)(=O)C2COC2)c(Cl)c1. The van der Waals surface area contributed by atoms with E-state index in [1.54, 1.807) is 18.2 Å². The van der Waals surface area contributed by atoms with Crippen LogP contribution in [0, 0.1) is 0 Å². The molecule has 1 fully saturated rings. The van der Waals surface area contributed by atoms with E-state index in [9.17, 15) is 8.42 Å². The summed E-state index contributed by atoms with van der Waals surface area (Å²) in [5.74, 6) is 0. The maximum atomic E-state index is 12.2. The van der Waals surface area contributed by atoms with Crippen molar-refractivity contribution in [2.75, 3.05) is 19.8 Å². The Kier molecular flexibility index (Phi) is 4.27. The molecule has 4 nitrogen and oxygen atoms in total. The zero-order valence-electron chi connectivity index (χ0n) is 9.93. The van der Waals surface area contributed by atoms with Gasteiger partial charge in [0.2, 0.25) is 0 Å². The predicted molar refractivity (Wildman–Crippen MR) is 70.6 cm³/mol. The minimum atomic E-state index is -3.35. The first-order valence-electron chi connectivity index (χ1n) is 5.86. The van der Waals surface area contributed by atoms with Gasteiger partial charge in [-0.2, -0.15) is 0 Å². The number of sulfone groups is 1. The number of benzene rings is 1. The minimum absolute atomic E-state index is 0.203. The number of halogens is 1. The summed E-state index contributed by atoms with van der Waals surface area (Å²) < 4.78 is 29.3. The van der Waals surface area contributed by atoms with Crippen LogP contribution in [0.5, 0.6) is 0 Å². The van der Waals surface area contributed by atoms with Gasteiger partial charge in [0.1, 0.15) is 5.25 Å². The molecule has 1 aliphatic rings. The van der Waals surface area contributed by atoms with Gasteiger partial charge < -0.3 is 10.5 Å². The van der Waals surface area contributed by atoms with Gasteiger partial charge in [-0.15, -0.1) is 0 Å². The summed E-state index contributed by atoms with van der Waals surface area (Å²) in [6, 6.07) is 5.10. The number of aryl methyl sites for hydroxylation is 1. The van der Waals surface area contributed by atoms with Crippen molar-refractivity contribution < 1.29 is 13.2 Å². The topological polar surface area (TPSA) is 69.4 Å². The summed E-state index contributed by atoms with van der Waals surface area (Å²) in [4.78, 5) is 0.203. The highest BCUT2D eigenvalue weighted by Gasteiger charge is 2.35. The summed E-state index contributed by atoms with van der Waals surface area (Å²) in [5, 5.41) is -0.165. The molecule has 1 aromatic carbocycles. The maximum absolute atomic E-state index is 12.2. The fourth-order valence-corrected chi connectivity index (χ4v) is 3.83. The van der Waals surface area contributed by atoms with Crippen LogP contribution in [0.15, 0.2) is 23.1 Å². The Morgan fingerprint density at radius 1 is 1.39 bits per heavy atom. The van der Waals surface area contributed by atoms with Crippen molar-refractivity contribution in [3.63, 3.8) is 0 Å². The molecule has 0 saturated carbocycles. The van der Waals surface area contributed by atoms with E-state index in [0.717, 1.165) is 18.4 Å². The zero-order chi connectivity index (χ0) is 13.2. The molecule has 0 unspecified atom stereocenters. The molecule has 0 bridgehead atoms. The number of hydrogen-bond acceptors (Lipinski definition) is 4. The highest BCUT2D eigenvalue weighted by Crippen LogP contribution is 2.28. The normalized spacial score (nSPS) is 16.6. The standard InChI is InChI=1S/C12H16ClNO3S/c13-11-6-9(2-1-5-14)3-4-12(11)18(15,16)10-7-17-8-10/h3-4,6,10H,1-2,5,7-8,14H2. The van der Waals surface area contributed by atoms with Gasteiger partial charge in [-0.3, -0.25) is 0 Å². The van der Waals surface area contributed by atoms with Gasteiger partial charge in [0.15, 0.2) is 9.84 Å². The molecule has 0 aliphatic carbocycles. The smallest absolute Gasteiger partial charge is 0.187 e. The van der Waals surface area contributed by atoms with E-state index in [0.29, 0.717) is 6.54 Å². The molecular formula is C12H16ClNO3S. The van der Waals surface area contributed by atoms with Crippen molar-refractivity contribution in [3.8, 4) is 0 Å². The van der Waals surface area contributed by atoms with Crippen LogP contribution >= 0.6 is 11.6 Å². The molecule has 0 aromatic heterocycles. The number of ether oxygens (including phenoxy) is 1. The van der Waals surface area contributed by atoms with E-state index in [-0.39, 0.29) is 23.1 Å². The van der Waals surface area contributed by atoms with Gasteiger partial charge in [0, 0.05) is 0 Å². The molecule has 1 saturated heterocycles. The van der Waals surface area contributed by atoms with Gasteiger partial charge >= 0.3 is 0 Å². The van der Waals surface area contributed by atoms with Crippen LogP contribution in [-0.4, -0.2) is 33.4 Å². The Bertz CT molecular complexity index is 526. The van der Waals surface area contributed by atoms with E-state index < -0.39 is 15.1 Å². The van der Waals surface area contributed by atoms with Crippen LogP contribution in [0.2, 0.25) is 5.02 Å². The van der Waals surface area contributed by atoms with E-state index >= 15 is 0 Å². The van der Waals surface area contributed by atoms with Crippen molar-refractivity contribution in [2.45, 2.75) is 23.0 Å². The van der Waals surface area contributed by atoms with Crippen molar-refractivity contribution >= 4 is 21.4 Å². The fraction of sp³-hybridized carbons (Fsp3) is 0.500. The van der Waals surface area contributed by atoms with Gasteiger partial charge in [0.25, 0.3) is 0 Å². The van der Waals surface area contributed by atoms with Crippen molar-refractivity contribution in [1.82, 2.24) is 0 Å². The lowest BCUT2D eigenvalue weighted by Gasteiger charge is -2.26. The molecule has 1 heterocycles. The monoisotopic (exact) mass is 289 g/mol. The number of rotatable bonds is 5. The summed E-state index contributed by atoms with van der Waals surface area (Å²) in [6.07, 6.45) is 1.67. The highest BCUT2D eigenvalue weighted by molar-refractivity contribution is 7.92. The molecule has 0 amide bonds. The molecule has 0 atom stereocenters. The van der Waals surface area contributed by atoms with Gasteiger partial charge in [-0.1, -0.05) is 17.7 Å². The second-order valence-electron chi connectivity index (χ2n) is 4.36. The first-order chi connectivity index (χ1) is 8.55. The average Bonchev–Trinajstić information content (AvgIpc) is 2.22. The molecular weight excluding hydrogens is 274 g/mol. The highest BCUT2D eigenvalue weighted by atomic mass is 35.5. The van der Waals surface area contributed by atoms with Crippen molar-refractivity contribution in [3.05, 3.63) is 28.8 Å². The average molecular weight is 290 g/mol. The third kappa shape index (κ3) is 2.69. The Morgan fingerprint density at radius 3 is 2.61 bits per heavy atom. The molecule has 2 N–H and O–H groups in total. The number of nitrogens with two attached hydrogens (primary N) is 1. The molecule has 6 heteroatoms. The van der Waals surface area contributed by atoms with Gasteiger partial charge in [0.05, 0.1) is 23.1 Å². The van der Waals surface area contributed by atoms with Gasteiger partial charge in [-0.05, 0) is 37.1 Å². The van der Waals surface area contributed by atoms with Crippen LogP contribution in [0.25, 0.3) is 0 Å². The number of hydrogen-bond donors (Lipinski definition) is 1. The third-order valence-corrected chi connectivity index (χ3v) is 5.56. The van der Waals surface area contributed by atoms with E-state index in [1.807, 2.05) is 0 Å². The van der Waals surface area contributed by atoms with Crippen LogP contribution in [0.3, 0.4) is 0 Å². The fourth-order valence-electron chi connectivity index (χ4n) is 1.81. The molecule has 1 aromatic rings. The predicted octanol–water partition coefficient (Wildman–Crippen LogP) is 1.40. The molecule has 100 valence electrons. The minimum Gasteiger partial charge on any atom is -0.379 e. The summed E-state index contributed by atoms with van der Waals surface area (Å²) >= 11 is 6.07. The first-order valence-corrected chi connectivity index (χ1v) is 7.78. The summed E-state index contributed by atoms with van der Waals surface area (Å²) in [5.41, 5.74) is 6.44. The van der Waals surface area contributed by atoms with Gasteiger partial charge in [-0.25, -0.2) is 8.42 Å². The van der Waals surface area contributed by atoms with Crippen LogP contribution < -0.4 is 5.73 Å². The maximum Gasteiger partial charge on any atom is 0.187 e. The van der Waals surface area contributed by atoms with E-state index in [1.165, 1.54) is 0 Å². The molecule has 0 radical (unpaired) electrons. The second-order valence-corrected chi connectivity index (χ2v) is 6.97. The quantitative estimate of drug-likeness (QED) is 0.890. The Morgan fingerprint density at radius 2 is 2.11 bits per heavy atom. The van der Waals surface area contributed by atoms with Crippen LogP contribution in [-0.2, 0) is 21.0 Å². The zero-order valence-corrected chi connectivity index (χ0v) is 11.5. The lowest BCUT2D eigenvalue weighted by Crippen LogP contribution is -2.40. The van der Waals surface area contributed by atoms with Crippen molar-refractivity contribution in [2.24, 2.45) is 5.73 Å². The Hall–Kier alpha value is -0.620. The Balaban J connectivity index is 2.24. The van der Waals surface area contributed by atoms with Crippen LogP contribution in [0.4, 0.5) is 0 Å². The lowest BCUT2D eigenvalue weighted by molar-refractivity contribution is 0.0416. The van der Waals surface area contributed by atoms with Crippen molar-refractivity contribution in [1.29, 1.82) is 0 Å².